The summed E-state index contributed by atoms with van der Waals surface area (Å²) in [5.41, 5.74) is 3.44. The fourth-order valence-corrected chi connectivity index (χ4v) is 5.61. The molecule has 1 N–H and O–H groups in total. The highest BCUT2D eigenvalue weighted by Gasteiger charge is 2.37. The van der Waals surface area contributed by atoms with E-state index in [1.54, 1.807) is 32.4 Å². The molecule has 33 heavy (non-hydrogen) atoms. The van der Waals surface area contributed by atoms with Gasteiger partial charge in [-0.05, 0) is 49.4 Å². The largest absolute Gasteiger partial charge is 0.497 e. The van der Waals surface area contributed by atoms with Gasteiger partial charge in [-0.3, -0.25) is 14.9 Å². The van der Waals surface area contributed by atoms with E-state index < -0.39 is 0 Å². The van der Waals surface area contributed by atoms with Crippen LogP contribution in [0.15, 0.2) is 42.5 Å². The maximum atomic E-state index is 13.5. The zero-order valence-corrected chi connectivity index (χ0v) is 19.4. The third-order valence-corrected chi connectivity index (χ3v) is 7.27. The van der Waals surface area contributed by atoms with Gasteiger partial charge in [0.05, 0.1) is 25.8 Å². The van der Waals surface area contributed by atoms with Gasteiger partial charge in [0.25, 0.3) is 5.91 Å². The Labute approximate surface area is 196 Å². The molecule has 2 amide bonds. The summed E-state index contributed by atoms with van der Waals surface area (Å²) < 4.78 is 10.5. The highest BCUT2D eigenvalue weighted by molar-refractivity contribution is 7.16. The van der Waals surface area contributed by atoms with E-state index in [1.165, 1.54) is 16.9 Å². The van der Waals surface area contributed by atoms with Gasteiger partial charge in [-0.2, -0.15) is 0 Å². The van der Waals surface area contributed by atoms with Crippen LogP contribution in [0.25, 0.3) is 0 Å². The van der Waals surface area contributed by atoms with E-state index in [4.69, 9.17) is 9.47 Å². The zero-order chi connectivity index (χ0) is 22.9. The predicted octanol–water partition coefficient (Wildman–Crippen LogP) is 4.42. The van der Waals surface area contributed by atoms with Crippen LogP contribution in [0.2, 0.25) is 0 Å². The minimum atomic E-state index is -0.299. The van der Waals surface area contributed by atoms with Crippen LogP contribution in [-0.4, -0.2) is 37.6 Å². The number of benzene rings is 2. The Morgan fingerprint density at radius 3 is 2.61 bits per heavy atom. The van der Waals surface area contributed by atoms with Gasteiger partial charge < -0.3 is 14.4 Å². The molecule has 1 unspecified atom stereocenters. The number of thiazole rings is 1. The number of nitrogens with zero attached hydrogens (tertiary/aromatic N) is 2. The first-order valence-corrected chi connectivity index (χ1v) is 11.8. The number of hydrogen-bond acceptors (Lipinski definition) is 6. The SMILES string of the molecule is COc1cc(OC)cc(C(=O)Nc2nc3c(s2)CCC3C(=O)N2CCCc3ccccc32)c1. The molecular formula is C25H25N3O4S. The van der Waals surface area contributed by atoms with Gasteiger partial charge in [-0.25, -0.2) is 4.98 Å². The Morgan fingerprint density at radius 1 is 1.09 bits per heavy atom. The fraction of sp³-hybridized carbons (Fsp3) is 0.320. The van der Waals surface area contributed by atoms with Crippen LogP contribution in [0.5, 0.6) is 11.5 Å². The van der Waals surface area contributed by atoms with Crippen LogP contribution in [-0.2, 0) is 17.6 Å². The molecule has 0 bridgehead atoms. The van der Waals surface area contributed by atoms with E-state index in [0.717, 1.165) is 48.5 Å². The number of hydrogen-bond donors (Lipinski definition) is 1. The topological polar surface area (TPSA) is 80.8 Å². The Hall–Kier alpha value is -3.39. The smallest absolute Gasteiger partial charge is 0.257 e. The number of aromatic nitrogens is 1. The first kappa shape index (κ1) is 21.5. The summed E-state index contributed by atoms with van der Waals surface area (Å²) in [4.78, 5) is 34.0. The van der Waals surface area contributed by atoms with Gasteiger partial charge in [0, 0.05) is 28.7 Å². The molecule has 7 nitrogen and oxygen atoms in total. The molecule has 0 spiro atoms. The second kappa shape index (κ2) is 8.86. The van der Waals surface area contributed by atoms with Crippen molar-refractivity contribution in [1.82, 2.24) is 4.98 Å². The van der Waals surface area contributed by atoms with E-state index in [-0.39, 0.29) is 17.7 Å². The normalized spacial score (nSPS) is 16.7. The van der Waals surface area contributed by atoms with Gasteiger partial charge >= 0.3 is 0 Å². The lowest BCUT2D eigenvalue weighted by molar-refractivity contribution is -0.120. The van der Waals surface area contributed by atoms with Gasteiger partial charge in [-0.1, -0.05) is 18.2 Å². The third-order valence-electron chi connectivity index (χ3n) is 6.23. The number of rotatable bonds is 5. The molecule has 5 rings (SSSR count). The van der Waals surface area contributed by atoms with Crippen LogP contribution in [0.1, 0.15) is 45.3 Å². The summed E-state index contributed by atoms with van der Waals surface area (Å²) in [5, 5.41) is 3.38. The summed E-state index contributed by atoms with van der Waals surface area (Å²) in [6.45, 7) is 0.729. The number of anilines is 2. The van der Waals surface area contributed by atoms with Crippen molar-refractivity contribution >= 4 is 34.0 Å². The molecule has 1 aliphatic heterocycles. The van der Waals surface area contributed by atoms with E-state index >= 15 is 0 Å². The van der Waals surface area contributed by atoms with Crippen LogP contribution in [0, 0.1) is 0 Å². The fourth-order valence-electron chi connectivity index (χ4n) is 4.58. The van der Waals surface area contributed by atoms with Crippen LogP contribution >= 0.6 is 11.3 Å². The number of ether oxygens (including phenoxy) is 2. The standard InChI is InChI=1S/C25H25N3O4S/c1-31-17-12-16(13-18(14-17)32-2)23(29)27-25-26-22-19(9-10-21(22)33-25)24(30)28-11-5-7-15-6-3-4-8-20(15)28/h3-4,6,8,12-14,19H,5,7,9-11H2,1-2H3,(H,26,27,29). The molecule has 2 heterocycles. The van der Waals surface area contributed by atoms with Gasteiger partial charge in [0.15, 0.2) is 5.13 Å². The Kier molecular flexibility index (Phi) is 5.76. The van der Waals surface area contributed by atoms with Gasteiger partial charge in [0.2, 0.25) is 5.91 Å². The van der Waals surface area contributed by atoms with Gasteiger partial charge in [-0.15, -0.1) is 11.3 Å². The van der Waals surface area contributed by atoms with Crippen molar-refractivity contribution < 1.29 is 19.1 Å². The molecule has 1 atom stereocenters. The Morgan fingerprint density at radius 2 is 1.85 bits per heavy atom. The summed E-state index contributed by atoms with van der Waals surface area (Å²) in [6.07, 6.45) is 3.51. The molecule has 1 aliphatic carbocycles. The lowest BCUT2D eigenvalue weighted by atomic mass is 9.98. The first-order chi connectivity index (χ1) is 16.1. The third kappa shape index (κ3) is 4.06. The van der Waals surface area contributed by atoms with Crippen molar-refractivity contribution in [3.05, 3.63) is 64.2 Å². The van der Waals surface area contributed by atoms with E-state index in [1.807, 2.05) is 23.1 Å². The predicted molar refractivity (Wildman–Crippen MR) is 128 cm³/mol. The molecule has 0 saturated carbocycles. The number of nitrogens with one attached hydrogen (secondary N) is 1. The minimum absolute atomic E-state index is 0.0987. The van der Waals surface area contributed by atoms with Crippen molar-refractivity contribution in [1.29, 1.82) is 0 Å². The minimum Gasteiger partial charge on any atom is -0.497 e. The lowest BCUT2D eigenvalue weighted by Crippen LogP contribution is -2.38. The maximum absolute atomic E-state index is 13.5. The molecule has 3 aromatic rings. The number of carbonyl (C=O) groups is 2. The van der Waals surface area contributed by atoms with Crippen molar-refractivity contribution in [3.8, 4) is 11.5 Å². The molecule has 2 aliphatic rings. The van der Waals surface area contributed by atoms with Crippen LogP contribution in [0.4, 0.5) is 10.8 Å². The molecule has 2 aromatic carbocycles. The Balaban J connectivity index is 1.35. The lowest BCUT2D eigenvalue weighted by Gasteiger charge is -2.31. The van der Waals surface area contributed by atoms with E-state index in [9.17, 15) is 9.59 Å². The molecule has 1 aromatic heterocycles. The first-order valence-electron chi connectivity index (χ1n) is 11.0. The Bertz CT molecular complexity index is 1200. The number of methoxy groups -OCH3 is 2. The quantitative estimate of drug-likeness (QED) is 0.606. The zero-order valence-electron chi connectivity index (χ0n) is 18.6. The summed E-state index contributed by atoms with van der Waals surface area (Å²) in [7, 11) is 3.08. The average Bonchev–Trinajstić information content (AvgIpc) is 3.43. The molecule has 0 fully saturated rings. The number of carbonyl (C=O) groups excluding carboxylic acids is 2. The summed E-state index contributed by atoms with van der Waals surface area (Å²) >= 11 is 1.44. The highest BCUT2D eigenvalue weighted by atomic mass is 32.1. The van der Waals surface area contributed by atoms with E-state index in [2.05, 4.69) is 16.4 Å². The van der Waals surface area contributed by atoms with Crippen LogP contribution in [0.3, 0.4) is 0 Å². The average molecular weight is 464 g/mol. The van der Waals surface area contributed by atoms with Gasteiger partial charge in [0.1, 0.15) is 11.5 Å². The van der Waals surface area contributed by atoms with Crippen molar-refractivity contribution in [3.63, 3.8) is 0 Å². The number of aryl methyl sites for hydroxylation is 2. The van der Waals surface area contributed by atoms with Crippen molar-refractivity contribution in [2.75, 3.05) is 31.0 Å². The molecule has 0 radical (unpaired) electrons. The second-order valence-electron chi connectivity index (χ2n) is 8.20. The molecular weight excluding hydrogens is 438 g/mol. The number of para-hydroxylation sites is 1. The monoisotopic (exact) mass is 463 g/mol. The number of fused-ring (bicyclic) bond motifs is 2. The van der Waals surface area contributed by atoms with Crippen molar-refractivity contribution in [2.24, 2.45) is 0 Å². The summed E-state index contributed by atoms with van der Waals surface area (Å²) in [5.74, 6) is 0.598. The molecule has 8 heteroatoms. The van der Waals surface area contributed by atoms with Crippen LogP contribution < -0.4 is 19.7 Å². The van der Waals surface area contributed by atoms with Crippen molar-refractivity contribution in [2.45, 2.75) is 31.6 Å². The molecule has 170 valence electrons. The maximum Gasteiger partial charge on any atom is 0.257 e. The van der Waals surface area contributed by atoms with E-state index in [0.29, 0.717) is 22.2 Å². The summed E-state index contributed by atoms with van der Waals surface area (Å²) in [6, 6.07) is 13.1. The highest BCUT2D eigenvalue weighted by Crippen LogP contribution is 2.41. The molecule has 0 saturated heterocycles. The number of amides is 2. The second-order valence-corrected chi connectivity index (χ2v) is 9.28.